The van der Waals surface area contributed by atoms with Crippen LogP contribution in [0.25, 0.3) is 0 Å². The van der Waals surface area contributed by atoms with Crippen LogP contribution in [0.4, 0.5) is 0 Å². The largest absolute Gasteiger partial charge is 0.496 e. The molecule has 92 valence electrons. The topological polar surface area (TPSA) is 38.7 Å². The summed E-state index contributed by atoms with van der Waals surface area (Å²) in [5.74, 6) is 1.58. The second-order valence-electron chi connectivity index (χ2n) is 4.37. The fourth-order valence-corrected chi connectivity index (χ4v) is 2.18. The minimum atomic E-state index is -0.591. The molecule has 1 aliphatic rings. The van der Waals surface area contributed by atoms with Crippen LogP contribution in [0.15, 0.2) is 24.8 Å². The summed E-state index contributed by atoms with van der Waals surface area (Å²) >= 11 is 0. The van der Waals surface area contributed by atoms with E-state index in [1.807, 2.05) is 19.1 Å². The van der Waals surface area contributed by atoms with Crippen LogP contribution in [0.2, 0.25) is 0 Å². The number of aliphatic hydroxyl groups excluding tert-OH is 1. The van der Waals surface area contributed by atoms with Crippen molar-refractivity contribution >= 4 is 0 Å². The van der Waals surface area contributed by atoms with Crippen LogP contribution in [0.5, 0.6) is 11.5 Å². The lowest BCUT2D eigenvalue weighted by Crippen LogP contribution is -2.05. The molecule has 0 amide bonds. The van der Waals surface area contributed by atoms with Crippen molar-refractivity contribution in [1.82, 2.24) is 0 Å². The minimum absolute atomic E-state index is 0.196. The van der Waals surface area contributed by atoms with Crippen molar-refractivity contribution in [2.75, 3.05) is 7.11 Å². The normalized spacial score (nSPS) is 19.4. The number of ether oxygens (including phenoxy) is 2. The van der Waals surface area contributed by atoms with Crippen molar-refractivity contribution in [3.63, 3.8) is 0 Å². The van der Waals surface area contributed by atoms with Gasteiger partial charge in [-0.05, 0) is 25.5 Å². The first-order valence-electron chi connectivity index (χ1n) is 5.82. The van der Waals surface area contributed by atoms with Gasteiger partial charge in [0.15, 0.2) is 0 Å². The summed E-state index contributed by atoms with van der Waals surface area (Å²) < 4.78 is 11.0. The van der Waals surface area contributed by atoms with E-state index >= 15 is 0 Å². The maximum Gasteiger partial charge on any atom is 0.125 e. The van der Waals surface area contributed by atoms with Crippen LogP contribution in [-0.4, -0.2) is 18.3 Å². The smallest absolute Gasteiger partial charge is 0.125 e. The van der Waals surface area contributed by atoms with Gasteiger partial charge in [0.25, 0.3) is 0 Å². The van der Waals surface area contributed by atoms with Crippen molar-refractivity contribution in [1.29, 1.82) is 0 Å². The lowest BCUT2D eigenvalue weighted by molar-refractivity contribution is 0.176. The van der Waals surface area contributed by atoms with Gasteiger partial charge in [-0.2, -0.15) is 0 Å². The Morgan fingerprint density at radius 2 is 2.41 bits per heavy atom. The summed E-state index contributed by atoms with van der Waals surface area (Å²) in [6.07, 6.45) is 2.70. The summed E-state index contributed by atoms with van der Waals surface area (Å²) in [5, 5.41) is 10.0. The van der Waals surface area contributed by atoms with Crippen molar-refractivity contribution in [3.8, 4) is 11.5 Å². The molecule has 0 aromatic heterocycles. The van der Waals surface area contributed by atoms with Gasteiger partial charge in [0, 0.05) is 17.5 Å². The van der Waals surface area contributed by atoms with Crippen LogP contribution in [0, 0.1) is 0 Å². The average Bonchev–Trinajstić information content (AvgIpc) is 2.66. The zero-order chi connectivity index (χ0) is 12.4. The van der Waals surface area contributed by atoms with E-state index in [4.69, 9.17) is 9.47 Å². The maximum absolute atomic E-state index is 10.0. The van der Waals surface area contributed by atoms with Gasteiger partial charge in [0.05, 0.1) is 13.2 Å². The fraction of sp³-hybridized carbons (Fsp3) is 0.429. The van der Waals surface area contributed by atoms with Crippen LogP contribution < -0.4 is 9.47 Å². The Morgan fingerprint density at radius 1 is 1.65 bits per heavy atom. The van der Waals surface area contributed by atoms with Crippen molar-refractivity contribution < 1.29 is 14.6 Å². The average molecular weight is 234 g/mol. The first kappa shape index (κ1) is 12.0. The standard InChI is InChI=1S/C14H18O3/c1-4-5-12(15)11-8-13-10(6-9(2)17-13)7-14(11)16-3/h4,7-9,12,15H,1,5-6H2,2-3H3. The first-order valence-corrected chi connectivity index (χ1v) is 5.82. The van der Waals surface area contributed by atoms with E-state index in [0.717, 1.165) is 29.0 Å². The quantitative estimate of drug-likeness (QED) is 0.814. The van der Waals surface area contributed by atoms with Gasteiger partial charge in [-0.15, -0.1) is 6.58 Å². The van der Waals surface area contributed by atoms with E-state index in [1.165, 1.54) is 0 Å². The number of rotatable bonds is 4. The third-order valence-corrected chi connectivity index (χ3v) is 3.00. The number of fused-ring (bicyclic) bond motifs is 1. The highest BCUT2D eigenvalue weighted by atomic mass is 16.5. The number of hydrogen-bond acceptors (Lipinski definition) is 3. The van der Waals surface area contributed by atoms with Crippen LogP contribution in [0.3, 0.4) is 0 Å². The SMILES string of the molecule is C=CCC(O)c1cc2c(cc1OC)CC(C)O2. The third-order valence-electron chi connectivity index (χ3n) is 3.00. The Hall–Kier alpha value is -1.48. The Morgan fingerprint density at radius 3 is 3.06 bits per heavy atom. The van der Waals surface area contributed by atoms with E-state index in [9.17, 15) is 5.11 Å². The molecule has 1 N–H and O–H groups in total. The number of methoxy groups -OCH3 is 1. The molecule has 17 heavy (non-hydrogen) atoms. The Kier molecular flexibility index (Phi) is 3.38. The molecule has 3 heteroatoms. The Balaban J connectivity index is 2.38. The monoisotopic (exact) mass is 234 g/mol. The Labute approximate surface area is 102 Å². The first-order chi connectivity index (χ1) is 8.15. The number of aliphatic hydroxyl groups is 1. The van der Waals surface area contributed by atoms with Gasteiger partial charge in [0.1, 0.15) is 17.6 Å². The lowest BCUT2D eigenvalue weighted by Gasteiger charge is -2.15. The van der Waals surface area contributed by atoms with E-state index in [-0.39, 0.29) is 6.10 Å². The minimum Gasteiger partial charge on any atom is -0.496 e. The summed E-state index contributed by atoms with van der Waals surface area (Å²) in [5.41, 5.74) is 1.91. The molecule has 0 radical (unpaired) electrons. The van der Waals surface area contributed by atoms with E-state index in [2.05, 4.69) is 6.58 Å². The van der Waals surface area contributed by atoms with Crippen LogP contribution >= 0.6 is 0 Å². The van der Waals surface area contributed by atoms with Crippen molar-refractivity contribution in [2.45, 2.75) is 32.0 Å². The van der Waals surface area contributed by atoms with Gasteiger partial charge in [-0.1, -0.05) is 6.08 Å². The van der Waals surface area contributed by atoms with Gasteiger partial charge >= 0.3 is 0 Å². The highest BCUT2D eigenvalue weighted by molar-refractivity contribution is 5.49. The molecule has 0 saturated heterocycles. The zero-order valence-corrected chi connectivity index (χ0v) is 10.3. The molecule has 0 spiro atoms. The predicted octanol–water partition coefficient (Wildman–Crippen LogP) is 2.63. The molecular weight excluding hydrogens is 216 g/mol. The van der Waals surface area contributed by atoms with Gasteiger partial charge in [-0.3, -0.25) is 0 Å². The molecule has 2 rings (SSSR count). The maximum atomic E-state index is 10.0. The molecule has 2 atom stereocenters. The fourth-order valence-electron chi connectivity index (χ4n) is 2.18. The second-order valence-corrected chi connectivity index (χ2v) is 4.37. The molecule has 0 aliphatic carbocycles. The Bertz CT molecular complexity index is 426. The summed E-state index contributed by atoms with van der Waals surface area (Å²) in [6, 6.07) is 3.84. The second kappa shape index (κ2) is 4.80. The highest BCUT2D eigenvalue weighted by Crippen LogP contribution is 2.38. The van der Waals surface area contributed by atoms with Crippen LogP contribution in [-0.2, 0) is 6.42 Å². The van der Waals surface area contributed by atoms with Gasteiger partial charge < -0.3 is 14.6 Å². The molecule has 0 saturated carbocycles. The molecule has 1 heterocycles. The highest BCUT2D eigenvalue weighted by Gasteiger charge is 2.23. The van der Waals surface area contributed by atoms with Crippen LogP contribution in [0.1, 0.15) is 30.6 Å². The zero-order valence-electron chi connectivity index (χ0n) is 10.3. The summed E-state index contributed by atoms with van der Waals surface area (Å²) in [6.45, 7) is 5.67. The van der Waals surface area contributed by atoms with Gasteiger partial charge in [-0.25, -0.2) is 0 Å². The molecule has 1 aromatic rings. The van der Waals surface area contributed by atoms with E-state index in [0.29, 0.717) is 6.42 Å². The van der Waals surface area contributed by atoms with E-state index < -0.39 is 6.10 Å². The predicted molar refractivity (Wildman–Crippen MR) is 66.6 cm³/mol. The molecular formula is C14H18O3. The molecule has 1 aliphatic heterocycles. The molecule has 0 bridgehead atoms. The van der Waals surface area contributed by atoms with Gasteiger partial charge in [0.2, 0.25) is 0 Å². The summed E-state index contributed by atoms with van der Waals surface area (Å²) in [4.78, 5) is 0. The van der Waals surface area contributed by atoms with Crippen molar-refractivity contribution in [2.24, 2.45) is 0 Å². The molecule has 0 fully saturated rings. The number of benzene rings is 1. The molecule has 1 aromatic carbocycles. The number of hydrogen-bond donors (Lipinski definition) is 1. The molecule has 2 unspecified atom stereocenters. The van der Waals surface area contributed by atoms with E-state index in [1.54, 1.807) is 13.2 Å². The summed E-state index contributed by atoms with van der Waals surface area (Å²) in [7, 11) is 1.62. The lowest BCUT2D eigenvalue weighted by atomic mass is 10.0. The molecule has 3 nitrogen and oxygen atoms in total. The third kappa shape index (κ3) is 2.29. The van der Waals surface area contributed by atoms with Crippen molar-refractivity contribution in [3.05, 3.63) is 35.9 Å².